The van der Waals surface area contributed by atoms with Gasteiger partial charge in [-0.2, -0.15) is 13.2 Å². The van der Waals surface area contributed by atoms with Crippen LogP contribution < -0.4 is 35.4 Å². The number of thioether (sulfide) groups is 1. The first kappa shape index (κ1) is 69.1. The Balaban J connectivity index is 0.656. The number of hydrogen-bond acceptors (Lipinski definition) is 17. The smallest absolute Gasteiger partial charge is 0.380 e. The normalized spacial score (nSPS) is 19.3. The predicted octanol–water partition coefficient (Wildman–Crippen LogP) is 12.6. The number of nitrogens with zero attached hydrogens (tertiary/aromatic N) is 6. The number of benzene rings is 5. The Bertz CT molecular complexity index is 3200. The summed E-state index contributed by atoms with van der Waals surface area (Å²) in [4.78, 5) is 58.9. The van der Waals surface area contributed by atoms with E-state index in [0.29, 0.717) is 52.2 Å². The van der Waals surface area contributed by atoms with Gasteiger partial charge in [0.05, 0.1) is 18.0 Å². The minimum absolute atomic E-state index is 0.0551. The second-order valence-electron chi connectivity index (χ2n) is 24.4. The molecule has 496 valence electrons. The molecule has 3 amide bonds. The predicted molar refractivity (Wildman–Crippen MR) is 363 cm³/mol. The van der Waals surface area contributed by atoms with Gasteiger partial charge in [-0.15, -0.1) is 16.1 Å². The van der Waals surface area contributed by atoms with Gasteiger partial charge in [0.1, 0.15) is 11.9 Å². The Kier molecular flexibility index (Phi) is 26.0. The highest BCUT2D eigenvalue weighted by Crippen LogP contribution is 2.37. The van der Waals surface area contributed by atoms with E-state index in [9.17, 15) is 27.6 Å². The molecular weight excluding hydrogens is 1260 g/mol. The zero-order valence-electron chi connectivity index (χ0n) is 52.2. The number of imide groups is 1. The lowest BCUT2D eigenvalue weighted by Crippen LogP contribution is -2.49. The standard InChI is InChI=1S/C68H85ClF4N10O6S3/c1-49(59(51-11-15-53(69)16-12-51)10-5-6-28-78-30-25-50(26-31-78)47-81-35-39-83(40-36-81)63-44-54(17-21-60(63)70)74-62-23-24-65(84)76-67(62)86)46-80-33-37-82(38-34-80)56-18-13-52(14-19-56)66(85)77-91-58-20-22-61(64(45-58)88-89-92-68(71,72)73)75-55(48-90-57-8-3-2-4-9-57)27-32-79-29-7-42-87-43-41-79/h2-4,8-9,11-22,44-45,50,55,62,74-75H,5-7,10,23-43,46-48H2,1H3,(H,77,85)(H,76,84,86)/b59-49-. The average Bonchev–Trinajstić information content (AvgIpc) is 1.55. The van der Waals surface area contributed by atoms with Gasteiger partial charge in [-0.05, 0) is 186 Å². The number of piperazine rings is 2. The lowest BCUT2D eigenvalue weighted by Gasteiger charge is -2.39. The molecule has 5 aromatic rings. The molecule has 24 heteroatoms. The highest BCUT2D eigenvalue weighted by Gasteiger charge is 2.33. The summed E-state index contributed by atoms with van der Waals surface area (Å²) in [5.74, 6) is 0.179. The summed E-state index contributed by atoms with van der Waals surface area (Å²) in [6, 6.07) is 35.2. The second kappa shape index (κ2) is 34.6. The van der Waals surface area contributed by atoms with E-state index in [1.165, 1.54) is 35.6 Å². The SMILES string of the molecule is C/C(CN1CCN(c2ccc(C(=O)NSc3ccc(NC(CCN4CCCOCC4)CSc4ccccc4)c(OOSC(F)(F)F)c3)cc2)CC1)=C(\CCCCN1CCC(CN2CCN(c3cc(NC4CCC(=O)NC4=O)ccc3F)CC2)CC1)c1ccc(Cl)cc1. The summed E-state index contributed by atoms with van der Waals surface area (Å²) in [5, 5.41) is 9.82. The van der Waals surface area contributed by atoms with Gasteiger partial charge >= 0.3 is 5.51 Å². The Labute approximate surface area is 556 Å². The molecule has 2 atom stereocenters. The molecule has 5 heterocycles. The van der Waals surface area contributed by atoms with Crippen molar-refractivity contribution in [3.8, 4) is 5.75 Å². The largest absolute Gasteiger partial charge is 0.471 e. The van der Waals surface area contributed by atoms with Gasteiger partial charge < -0.3 is 39.9 Å². The molecule has 16 nitrogen and oxygen atoms in total. The number of carbonyl (C=O) groups excluding carboxylic acids is 3. The van der Waals surface area contributed by atoms with Crippen molar-refractivity contribution in [2.24, 2.45) is 5.92 Å². The number of carbonyl (C=O) groups is 3. The Morgan fingerprint density at radius 2 is 1.48 bits per heavy atom. The van der Waals surface area contributed by atoms with Crippen molar-refractivity contribution < 1.29 is 45.9 Å². The van der Waals surface area contributed by atoms with E-state index in [0.717, 1.165) is 171 Å². The minimum atomic E-state index is -4.68. The summed E-state index contributed by atoms with van der Waals surface area (Å²) in [7, 11) is 0. The van der Waals surface area contributed by atoms with Crippen LogP contribution in [0.15, 0.2) is 131 Å². The van der Waals surface area contributed by atoms with Crippen molar-refractivity contribution in [2.75, 3.05) is 144 Å². The number of likely N-dealkylation sites (tertiary alicyclic amines) is 1. The number of ether oxygens (including phenoxy) is 1. The van der Waals surface area contributed by atoms with Crippen molar-refractivity contribution >= 4 is 93.4 Å². The molecule has 92 heavy (non-hydrogen) atoms. The van der Waals surface area contributed by atoms with Gasteiger partial charge in [0.25, 0.3) is 5.91 Å². The van der Waals surface area contributed by atoms with Crippen molar-refractivity contribution in [1.82, 2.24) is 29.6 Å². The number of amides is 3. The molecule has 0 saturated carbocycles. The zero-order valence-corrected chi connectivity index (χ0v) is 55.5. The van der Waals surface area contributed by atoms with E-state index < -0.39 is 23.6 Å². The van der Waals surface area contributed by atoms with Crippen molar-refractivity contribution in [3.63, 3.8) is 0 Å². The fourth-order valence-electron chi connectivity index (χ4n) is 12.6. The van der Waals surface area contributed by atoms with E-state index in [1.807, 2.05) is 66.7 Å². The van der Waals surface area contributed by atoms with Gasteiger partial charge in [-0.3, -0.25) is 34.2 Å². The summed E-state index contributed by atoms with van der Waals surface area (Å²) in [6.07, 6.45) is 7.96. The first-order valence-corrected chi connectivity index (χ1v) is 35.1. The Morgan fingerprint density at radius 1 is 0.750 bits per heavy atom. The monoisotopic (exact) mass is 1340 g/mol. The molecule has 5 aromatic carbocycles. The van der Waals surface area contributed by atoms with E-state index in [2.05, 4.69) is 73.5 Å². The molecule has 5 aliphatic rings. The van der Waals surface area contributed by atoms with Gasteiger partial charge in [0.15, 0.2) is 17.8 Å². The second-order valence-corrected chi connectivity index (χ2v) is 27.5. The van der Waals surface area contributed by atoms with Gasteiger partial charge in [-0.1, -0.05) is 47.5 Å². The lowest BCUT2D eigenvalue weighted by atomic mass is 9.94. The van der Waals surface area contributed by atoms with Crippen LogP contribution in [-0.4, -0.2) is 179 Å². The minimum Gasteiger partial charge on any atom is -0.380 e. The molecular formula is C68H85ClF4N10O6S3. The number of anilines is 4. The van der Waals surface area contributed by atoms with E-state index in [1.54, 1.807) is 42.1 Å². The van der Waals surface area contributed by atoms with Crippen molar-refractivity contribution in [3.05, 3.63) is 143 Å². The van der Waals surface area contributed by atoms with Crippen LogP contribution in [0, 0.1) is 11.7 Å². The first-order valence-electron chi connectivity index (χ1n) is 32.2. The summed E-state index contributed by atoms with van der Waals surface area (Å²) in [5.41, 5.74) is 2.47. The third-order valence-corrected chi connectivity index (χ3v) is 20.3. The fraction of sp³-hybridized carbons (Fsp3) is 0.485. The Morgan fingerprint density at radius 3 is 2.23 bits per heavy atom. The topological polar surface area (TPSA) is 146 Å². The fourth-order valence-corrected chi connectivity index (χ4v) is 14.6. The molecule has 5 aliphatic heterocycles. The Hall–Kier alpha value is -5.73. The van der Waals surface area contributed by atoms with Crippen molar-refractivity contribution in [1.29, 1.82) is 0 Å². The summed E-state index contributed by atoms with van der Waals surface area (Å²) < 4.78 is 67.9. The summed E-state index contributed by atoms with van der Waals surface area (Å²) in [6.45, 7) is 18.1. The number of halogens is 5. The maximum absolute atomic E-state index is 15.1. The van der Waals surface area contributed by atoms with Crippen LogP contribution in [0.3, 0.4) is 0 Å². The number of rotatable bonds is 28. The molecule has 0 aliphatic carbocycles. The zero-order chi connectivity index (χ0) is 64.2. The molecule has 0 spiro atoms. The number of hydrogen-bond donors (Lipinski definition) is 4. The average molecular weight is 1350 g/mol. The van der Waals surface area contributed by atoms with Gasteiger partial charge in [0, 0.05) is 148 Å². The number of unbranched alkanes of at least 4 members (excludes halogenated alkanes) is 1. The lowest BCUT2D eigenvalue weighted by molar-refractivity contribution is -0.133. The number of allylic oxidation sites excluding steroid dienone is 1. The molecule has 4 N–H and O–H groups in total. The van der Waals surface area contributed by atoms with Crippen molar-refractivity contribution in [2.45, 2.75) is 92.1 Å². The van der Waals surface area contributed by atoms with E-state index >= 15 is 4.39 Å². The van der Waals surface area contributed by atoms with Crippen LogP contribution in [0.2, 0.25) is 5.02 Å². The number of alkyl halides is 3. The van der Waals surface area contributed by atoms with Gasteiger partial charge in [0.2, 0.25) is 11.8 Å². The maximum Gasteiger partial charge on any atom is 0.471 e. The highest BCUT2D eigenvalue weighted by molar-refractivity contribution is 7.99. The molecule has 0 radical (unpaired) electrons. The quantitative estimate of drug-likeness (QED) is 0.00550. The van der Waals surface area contributed by atoms with Crippen LogP contribution >= 0.6 is 47.4 Å². The molecule has 5 saturated heterocycles. The van der Waals surface area contributed by atoms with Crippen LogP contribution in [0.5, 0.6) is 5.75 Å². The molecule has 10 rings (SSSR count). The number of piperidine rings is 2. The van der Waals surface area contributed by atoms with Gasteiger partial charge in [-0.25, -0.2) is 4.39 Å². The molecule has 0 aromatic heterocycles. The summed E-state index contributed by atoms with van der Waals surface area (Å²) >= 11 is 8.38. The van der Waals surface area contributed by atoms with Crippen LogP contribution in [0.4, 0.5) is 40.3 Å². The first-order chi connectivity index (χ1) is 44.6. The number of nitrogens with one attached hydrogen (secondary N) is 4. The van der Waals surface area contributed by atoms with E-state index in [-0.39, 0.29) is 41.8 Å². The van der Waals surface area contributed by atoms with Crippen LogP contribution in [-0.2, 0) is 18.7 Å². The third kappa shape index (κ3) is 21.4. The van der Waals surface area contributed by atoms with E-state index in [4.69, 9.17) is 21.2 Å². The molecule has 0 bridgehead atoms. The van der Waals surface area contributed by atoms with Crippen LogP contribution in [0.1, 0.15) is 80.6 Å². The highest BCUT2D eigenvalue weighted by atomic mass is 35.5. The molecule has 5 fully saturated rings. The third-order valence-electron chi connectivity index (χ3n) is 17.8. The maximum atomic E-state index is 15.1. The molecule has 2 unspecified atom stereocenters. The van der Waals surface area contributed by atoms with Crippen LogP contribution in [0.25, 0.3) is 5.57 Å².